The Morgan fingerprint density at radius 1 is 1.35 bits per heavy atom. The fourth-order valence-corrected chi connectivity index (χ4v) is 3.06. The second kappa shape index (κ2) is 9.35. The Labute approximate surface area is 124 Å². The molecule has 1 amide bonds. The van der Waals surface area contributed by atoms with Gasteiger partial charge in [-0.05, 0) is 57.7 Å². The van der Waals surface area contributed by atoms with Gasteiger partial charge in [0.1, 0.15) is 0 Å². The van der Waals surface area contributed by atoms with Crippen molar-refractivity contribution in [2.75, 3.05) is 26.7 Å². The molecule has 1 rings (SSSR count). The molecule has 4 nitrogen and oxygen atoms in total. The quantitative estimate of drug-likeness (QED) is 0.716. The molecule has 1 heterocycles. The summed E-state index contributed by atoms with van der Waals surface area (Å²) in [7, 11) is 2.16. The van der Waals surface area contributed by atoms with E-state index in [2.05, 4.69) is 31.1 Å². The molecule has 1 saturated heterocycles. The maximum absolute atomic E-state index is 12.0. The van der Waals surface area contributed by atoms with E-state index in [1.807, 2.05) is 0 Å². The lowest BCUT2D eigenvalue weighted by Crippen LogP contribution is -2.44. The molecule has 2 unspecified atom stereocenters. The molecule has 0 aliphatic carbocycles. The molecule has 2 atom stereocenters. The molecule has 0 aromatic carbocycles. The Bertz CT molecular complexity index is 271. The highest BCUT2D eigenvalue weighted by Gasteiger charge is 2.20. The maximum Gasteiger partial charge on any atom is 0.220 e. The molecule has 0 radical (unpaired) electrons. The van der Waals surface area contributed by atoms with Crippen molar-refractivity contribution in [2.24, 2.45) is 17.6 Å². The molecular formula is C16H33N3O. The highest BCUT2D eigenvalue weighted by Crippen LogP contribution is 2.20. The normalized spacial score (nSPS) is 21.9. The van der Waals surface area contributed by atoms with Crippen LogP contribution in [-0.2, 0) is 4.79 Å². The number of rotatable bonds is 8. The van der Waals surface area contributed by atoms with Gasteiger partial charge in [0.2, 0.25) is 5.91 Å². The number of hydrogen-bond donors (Lipinski definition) is 2. The zero-order valence-electron chi connectivity index (χ0n) is 13.5. The van der Waals surface area contributed by atoms with Gasteiger partial charge >= 0.3 is 0 Å². The molecular weight excluding hydrogens is 250 g/mol. The summed E-state index contributed by atoms with van der Waals surface area (Å²) in [5, 5.41) is 3.11. The topological polar surface area (TPSA) is 58.4 Å². The van der Waals surface area contributed by atoms with E-state index in [1.165, 1.54) is 19.3 Å². The Hall–Kier alpha value is -0.610. The van der Waals surface area contributed by atoms with E-state index in [0.29, 0.717) is 24.3 Å². The summed E-state index contributed by atoms with van der Waals surface area (Å²) in [5.41, 5.74) is 5.64. The van der Waals surface area contributed by atoms with Crippen molar-refractivity contribution in [2.45, 2.75) is 58.4 Å². The summed E-state index contributed by atoms with van der Waals surface area (Å²) in [6, 6.07) is 0.526. The first-order chi connectivity index (χ1) is 9.54. The SMILES string of the molecule is CC(C)C(CCN)CCC(=O)NCC1CCCCN1C. The van der Waals surface area contributed by atoms with E-state index in [0.717, 1.165) is 32.5 Å². The molecule has 1 fully saturated rings. The third-order valence-electron chi connectivity index (χ3n) is 4.68. The molecule has 0 bridgehead atoms. The fourth-order valence-electron chi connectivity index (χ4n) is 3.06. The third-order valence-corrected chi connectivity index (χ3v) is 4.68. The molecule has 1 aliphatic rings. The van der Waals surface area contributed by atoms with Crippen LogP contribution < -0.4 is 11.1 Å². The number of hydrogen-bond acceptors (Lipinski definition) is 3. The molecule has 3 N–H and O–H groups in total. The van der Waals surface area contributed by atoms with Crippen LogP contribution in [0.5, 0.6) is 0 Å². The van der Waals surface area contributed by atoms with Crippen LogP contribution in [-0.4, -0.2) is 43.5 Å². The highest BCUT2D eigenvalue weighted by atomic mass is 16.1. The molecule has 4 heteroatoms. The second-order valence-corrected chi connectivity index (χ2v) is 6.55. The molecule has 0 saturated carbocycles. The first kappa shape index (κ1) is 17.4. The summed E-state index contributed by atoms with van der Waals surface area (Å²) in [4.78, 5) is 14.3. The number of nitrogens with one attached hydrogen (secondary N) is 1. The highest BCUT2D eigenvalue weighted by molar-refractivity contribution is 5.75. The van der Waals surface area contributed by atoms with Gasteiger partial charge < -0.3 is 16.0 Å². The molecule has 20 heavy (non-hydrogen) atoms. The average Bonchev–Trinajstić information content (AvgIpc) is 2.42. The van der Waals surface area contributed by atoms with Gasteiger partial charge in [-0.3, -0.25) is 4.79 Å². The van der Waals surface area contributed by atoms with E-state index in [4.69, 9.17) is 5.73 Å². The summed E-state index contributed by atoms with van der Waals surface area (Å²) in [6.45, 7) is 7.12. The van der Waals surface area contributed by atoms with Crippen LogP contribution in [0, 0.1) is 11.8 Å². The zero-order chi connectivity index (χ0) is 15.0. The Morgan fingerprint density at radius 2 is 2.10 bits per heavy atom. The van der Waals surface area contributed by atoms with E-state index in [9.17, 15) is 4.79 Å². The fraction of sp³-hybridized carbons (Fsp3) is 0.938. The van der Waals surface area contributed by atoms with Crippen LogP contribution in [0.25, 0.3) is 0 Å². The van der Waals surface area contributed by atoms with Crippen LogP contribution in [0.4, 0.5) is 0 Å². The van der Waals surface area contributed by atoms with Gasteiger partial charge in [0.25, 0.3) is 0 Å². The Kier molecular flexibility index (Phi) is 8.15. The Balaban J connectivity index is 2.22. The standard InChI is InChI=1S/C16H33N3O/c1-13(2)14(9-10-17)7-8-16(20)18-12-15-6-4-5-11-19(15)3/h13-15H,4-12,17H2,1-3H3,(H,18,20). The number of nitrogens with zero attached hydrogens (tertiary/aromatic N) is 1. The predicted octanol–water partition coefficient (Wildman–Crippen LogP) is 1.99. The van der Waals surface area contributed by atoms with E-state index < -0.39 is 0 Å². The average molecular weight is 283 g/mol. The van der Waals surface area contributed by atoms with Crippen molar-refractivity contribution in [3.63, 3.8) is 0 Å². The molecule has 0 aromatic rings. The predicted molar refractivity (Wildman–Crippen MR) is 84.5 cm³/mol. The number of likely N-dealkylation sites (N-methyl/N-ethyl adjacent to an activating group) is 1. The second-order valence-electron chi connectivity index (χ2n) is 6.55. The number of carbonyl (C=O) groups is 1. The van der Waals surface area contributed by atoms with Gasteiger partial charge in [-0.2, -0.15) is 0 Å². The van der Waals surface area contributed by atoms with Crippen LogP contribution in [0.1, 0.15) is 52.4 Å². The largest absolute Gasteiger partial charge is 0.355 e. The summed E-state index contributed by atoms with van der Waals surface area (Å²) in [5.74, 6) is 1.38. The van der Waals surface area contributed by atoms with Gasteiger partial charge in [-0.25, -0.2) is 0 Å². The van der Waals surface area contributed by atoms with Crippen molar-refractivity contribution in [1.82, 2.24) is 10.2 Å². The molecule has 118 valence electrons. The van der Waals surface area contributed by atoms with E-state index in [-0.39, 0.29) is 5.91 Å². The molecule has 1 aliphatic heterocycles. The number of carbonyl (C=O) groups excluding carboxylic acids is 1. The molecule has 0 aromatic heterocycles. The van der Waals surface area contributed by atoms with Crippen LogP contribution in [0.3, 0.4) is 0 Å². The number of amides is 1. The minimum absolute atomic E-state index is 0.201. The van der Waals surface area contributed by atoms with Crippen LogP contribution in [0.15, 0.2) is 0 Å². The van der Waals surface area contributed by atoms with Crippen molar-refractivity contribution >= 4 is 5.91 Å². The summed E-state index contributed by atoms with van der Waals surface area (Å²) >= 11 is 0. The van der Waals surface area contributed by atoms with Gasteiger partial charge in [-0.15, -0.1) is 0 Å². The lowest BCUT2D eigenvalue weighted by Gasteiger charge is -2.32. The summed E-state index contributed by atoms with van der Waals surface area (Å²) < 4.78 is 0. The minimum atomic E-state index is 0.201. The summed E-state index contributed by atoms with van der Waals surface area (Å²) in [6.07, 6.45) is 6.41. The Morgan fingerprint density at radius 3 is 2.70 bits per heavy atom. The monoisotopic (exact) mass is 283 g/mol. The van der Waals surface area contributed by atoms with Crippen molar-refractivity contribution in [1.29, 1.82) is 0 Å². The first-order valence-corrected chi connectivity index (χ1v) is 8.21. The van der Waals surface area contributed by atoms with E-state index in [1.54, 1.807) is 0 Å². The smallest absolute Gasteiger partial charge is 0.220 e. The third kappa shape index (κ3) is 6.23. The van der Waals surface area contributed by atoms with Crippen molar-refractivity contribution in [3.05, 3.63) is 0 Å². The van der Waals surface area contributed by atoms with Crippen molar-refractivity contribution in [3.8, 4) is 0 Å². The number of nitrogens with two attached hydrogens (primary N) is 1. The van der Waals surface area contributed by atoms with Gasteiger partial charge in [0.15, 0.2) is 0 Å². The number of piperidine rings is 1. The lowest BCUT2D eigenvalue weighted by molar-refractivity contribution is -0.121. The van der Waals surface area contributed by atoms with Gasteiger partial charge in [0, 0.05) is 19.0 Å². The number of likely N-dealkylation sites (tertiary alicyclic amines) is 1. The minimum Gasteiger partial charge on any atom is -0.355 e. The van der Waals surface area contributed by atoms with Crippen LogP contribution in [0.2, 0.25) is 0 Å². The maximum atomic E-state index is 12.0. The van der Waals surface area contributed by atoms with Gasteiger partial charge in [-0.1, -0.05) is 20.3 Å². The lowest BCUT2D eigenvalue weighted by atomic mass is 9.88. The van der Waals surface area contributed by atoms with Gasteiger partial charge in [0.05, 0.1) is 0 Å². The van der Waals surface area contributed by atoms with E-state index >= 15 is 0 Å². The van der Waals surface area contributed by atoms with Crippen LogP contribution >= 0.6 is 0 Å². The molecule has 0 spiro atoms. The first-order valence-electron chi connectivity index (χ1n) is 8.21. The zero-order valence-corrected chi connectivity index (χ0v) is 13.5. The van der Waals surface area contributed by atoms with Crippen molar-refractivity contribution < 1.29 is 4.79 Å².